The Labute approximate surface area is 98.3 Å². The van der Waals surface area contributed by atoms with Crippen molar-refractivity contribution < 1.29 is 4.79 Å². The van der Waals surface area contributed by atoms with Gasteiger partial charge in [0.15, 0.2) is 5.78 Å². The maximum absolute atomic E-state index is 11.7. The number of carbonyl (C=O) groups is 1. The number of rotatable bonds is 2. The Morgan fingerprint density at radius 2 is 2.12 bits per heavy atom. The molecule has 0 fully saturated rings. The highest BCUT2D eigenvalue weighted by molar-refractivity contribution is 6.29. The van der Waals surface area contributed by atoms with Crippen molar-refractivity contribution in [2.24, 2.45) is 0 Å². The first-order valence-corrected chi connectivity index (χ1v) is 5.56. The minimum atomic E-state index is -0.129. The van der Waals surface area contributed by atoms with Crippen LogP contribution in [0.3, 0.4) is 0 Å². The van der Waals surface area contributed by atoms with Crippen LogP contribution in [0.1, 0.15) is 28.9 Å². The molecule has 0 bridgehead atoms. The zero-order valence-corrected chi connectivity index (χ0v) is 9.59. The average molecular weight is 238 g/mol. The normalized spacial score (nSPS) is 14.7. The summed E-state index contributed by atoms with van der Waals surface area (Å²) in [6.45, 7) is 3.85. The van der Waals surface area contributed by atoms with Gasteiger partial charge in [0.1, 0.15) is 0 Å². The molecule has 0 amide bonds. The lowest BCUT2D eigenvalue weighted by Gasteiger charge is -2.19. The van der Waals surface area contributed by atoms with Crippen molar-refractivity contribution in [2.45, 2.75) is 25.8 Å². The van der Waals surface area contributed by atoms with Crippen molar-refractivity contribution in [1.82, 2.24) is 4.57 Å². The summed E-state index contributed by atoms with van der Waals surface area (Å²) < 4.78 is 1.54. The third kappa shape index (κ3) is 1.95. The lowest BCUT2D eigenvalue weighted by Crippen LogP contribution is -2.28. The molecule has 1 aromatic heterocycles. The van der Waals surface area contributed by atoms with E-state index in [9.17, 15) is 9.59 Å². The van der Waals surface area contributed by atoms with Gasteiger partial charge in [-0.1, -0.05) is 18.2 Å². The van der Waals surface area contributed by atoms with E-state index in [4.69, 9.17) is 11.6 Å². The number of allylic oxidation sites excluding steroid dienone is 1. The summed E-state index contributed by atoms with van der Waals surface area (Å²) in [4.78, 5) is 23.3. The van der Waals surface area contributed by atoms with Crippen molar-refractivity contribution in [3.05, 3.63) is 45.4 Å². The molecule has 3 nitrogen and oxygen atoms in total. The first-order chi connectivity index (χ1) is 7.59. The molecule has 0 atom stereocenters. The number of hydrogen-bond donors (Lipinski definition) is 0. The number of fused-ring (bicyclic) bond motifs is 1. The fourth-order valence-electron chi connectivity index (χ4n) is 2.04. The van der Waals surface area contributed by atoms with Crippen LogP contribution in [0, 0.1) is 0 Å². The number of ketones is 1. The predicted molar refractivity (Wildman–Crippen MR) is 63.0 cm³/mol. The van der Waals surface area contributed by atoms with E-state index >= 15 is 0 Å². The monoisotopic (exact) mass is 237 g/mol. The van der Waals surface area contributed by atoms with Crippen molar-refractivity contribution in [3.63, 3.8) is 0 Å². The molecule has 0 saturated carbocycles. The van der Waals surface area contributed by atoms with Crippen molar-refractivity contribution >= 4 is 17.4 Å². The topological polar surface area (TPSA) is 39.1 Å². The lowest BCUT2D eigenvalue weighted by molar-refractivity contribution is 0.0970. The summed E-state index contributed by atoms with van der Waals surface area (Å²) in [6, 6.07) is 3.04. The Balaban J connectivity index is 2.58. The second-order valence-corrected chi connectivity index (χ2v) is 4.45. The maximum Gasteiger partial charge on any atom is 0.251 e. The van der Waals surface area contributed by atoms with Gasteiger partial charge in [-0.2, -0.15) is 0 Å². The lowest BCUT2D eigenvalue weighted by atomic mass is 9.94. The van der Waals surface area contributed by atoms with Crippen LogP contribution in [0.5, 0.6) is 0 Å². The summed E-state index contributed by atoms with van der Waals surface area (Å²) in [6.07, 6.45) is 2.11. The number of Topliss-reactive ketones (excluding diaryl/α,β-unsaturated/α-hetero) is 1. The van der Waals surface area contributed by atoms with Crippen molar-refractivity contribution in [2.75, 3.05) is 0 Å². The van der Waals surface area contributed by atoms with Gasteiger partial charge in [-0.3, -0.25) is 9.59 Å². The molecular weight excluding hydrogens is 226 g/mol. The molecule has 0 aromatic carbocycles. The van der Waals surface area contributed by atoms with Gasteiger partial charge in [0.05, 0.1) is 6.54 Å². The summed E-state index contributed by atoms with van der Waals surface area (Å²) in [5.41, 5.74) is 1.32. The van der Waals surface area contributed by atoms with Crippen LogP contribution in [0.15, 0.2) is 28.5 Å². The quantitative estimate of drug-likeness (QED) is 0.790. The minimum absolute atomic E-state index is 0.107. The summed E-state index contributed by atoms with van der Waals surface area (Å²) in [5, 5.41) is 0.397. The van der Waals surface area contributed by atoms with Crippen molar-refractivity contribution in [1.29, 1.82) is 0 Å². The summed E-state index contributed by atoms with van der Waals surface area (Å²) >= 11 is 5.72. The Morgan fingerprint density at radius 1 is 1.38 bits per heavy atom. The molecule has 0 radical (unpaired) electrons. The smallest absolute Gasteiger partial charge is 0.251 e. The molecule has 1 aromatic rings. The average Bonchev–Trinajstić information content (AvgIpc) is 2.22. The first kappa shape index (κ1) is 11.1. The van der Waals surface area contributed by atoms with Gasteiger partial charge >= 0.3 is 0 Å². The molecule has 0 saturated heterocycles. The van der Waals surface area contributed by atoms with E-state index in [1.54, 1.807) is 10.6 Å². The van der Waals surface area contributed by atoms with Gasteiger partial charge in [0.25, 0.3) is 5.56 Å². The van der Waals surface area contributed by atoms with E-state index in [0.717, 1.165) is 18.5 Å². The van der Waals surface area contributed by atoms with Gasteiger partial charge in [-0.25, -0.2) is 0 Å². The molecule has 1 aliphatic carbocycles. The van der Waals surface area contributed by atoms with E-state index in [-0.39, 0.29) is 17.9 Å². The van der Waals surface area contributed by atoms with Crippen LogP contribution < -0.4 is 5.56 Å². The van der Waals surface area contributed by atoms with Crippen LogP contribution >= 0.6 is 11.6 Å². The molecule has 1 aliphatic rings. The highest BCUT2D eigenvalue weighted by atomic mass is 35.5. The van der Waals surface area contributed by atoms with E-state index in [0.29, 0.717) is 17.0 Å². The second kappa shape index (κ2) is 4.26. The highest BCUT2D eigenvalue weighted by Gasteiger charge is 2.20. The number of pyridine rings is 1. The molecule has 1 heterocycles. The van der Waals surface area contributed by atoms with Gasteiger partial charge in [-0.15, -0.1) is 0 Å². The third-order valence-electron chi connectivity index (χ3n) is 2.74. The van der Waals surface area contributed by atoms with E-state index in [1.807, 2.05) is 0 Å². The molecule has 0 spiro atoms. The number of aromatic nitrogens is 1. The SMILES string of the molecule is C=C(Cl)Cn1c2c(ccc1=O)C(=O)CCC2. The van der Waals surface area contributed by atoms with Gasteiger partial charge < -0.3 is 4.57 Å². The number of hydrogen-bond acceptors (Lipinski definition) is 2. The molecule has 0 unspecified atom stereocenters. The van der Waals surface area contributed by atoms with Gasteiger partial charge in [0, 0.05) is 28.8 Å². The zero-order valence-electron chi connectivity index (χ0n) is 8.83. The summed E-state index contributed by atoms with van der Waals surface area (Å²) in [5.74, 6) is 0.107. The Bertz CT molecular complexity index is 516. The third-order valence-corrected chi connectivity index (χ3v) is 2.86. The highest BCUT2D eigenvalue weighted by Crippen LogP contribution is 2.20. The first-order valence-electron chi connectivity index (χ1n) is 5.19. The van der Waals surface area contributed by atoms with E-state index in [1.165, 1.54) is 6.07 Å². The van der Waals surface area contributed by atoms with Crippen LogP contribution in [0.2, 0.25) is 0 Å². The van der Waals surface area contributed by atoms with Crippen LogP contribution in [0.25, 0.3) is 0 Å². The molecule has 84 valence electrons. The predicted octanol–water partition coefficient (Wildman–Crippen LogP) is 2.12. The fourth-order valence-corrected chi connectivity index (χ4v) is 2.16. The zero-order chi connectivity index (χ0) is 11.7. The largest absolute Gasteiger partial charge is 0.307 e. The Hall–Kier alpha value is -1.35. The maximum atomic E-state index is 11.7. The van der Waals surface area contributed by atoms with Crippen LogP contribution in [-0.2, 0) is 13.0 Å². The Morgan fingerprint density at radius 3 is 2.81 bits per heavy atom. The van der Waals surface area contributed by atoms with E-state index < -0.39 is 0 Å². The molecule has 16 heavy (non-hydrogen) atoms. The molecular formula is C12H12ClNO2. The van der Waals surface area contributed by atoms with Gasteiger partial charge in [-0.05, 0) is 18.9 Å². The molecule has 0 N–H and O–H groups in total. The standard InChI is InChI=1S/C12H12ClNO2/c1-8(13)7-14-10-3-2-4-11(15)9(10)5-6-12(14)16/h5-6H,1-4,7H2. The molecule has 4 heteroatoms. The van der Waals surface area contributed by atoms with Gasteiger partial charge in [0.2, 0.25) is 0 Å². The summed E-state index contributed by atoms with van der Waals surface area (Å²) in [7, 11) is 0. The van der Waals surface area contributed by atoms with Crippen LogP contribution in [-0.4, -0.2) is 10.4 Å². The molecule has 2 rings (SSSR count). The van der Waals surface area contributed by atoms with Crippen molar-refractivity contribution in [3.8, 4) is 0 Å². The second-order valence-electron chi connectivity index (χ2n) is 3.91. The van der Waals surface area contributed by atoms with Crippen LogP contribution in [0.4, 0.5) is 0 Å². The van der Waals surface area contributed by atoms with E-state index in [2.05, 4.69) is 6.58 Å². The fraction of sp³-hybridized carbons (Fsp3) is 0.333. The Kier molecular flexibility index (Phi) is 2.97. The molecule has 0 aliphatic heterocycles. The number of halogens is 1. The number of nitrogens with zero attached hydrogens (tertiary/aromatic N) is 1. The minimum Gasteiger partial charge on any atom is -0.307 e. The number of carbonyl (C=O) groups excluding carboxylic acids is 1.